The zero-order chi connectivity index (χ0) is 15.4. The van der Waals surface area contributed by atoms with Crippen molar-refractivity contribution in [3.05, 3.63) is 71.9 Å². The fourth-order valence-corrected chi connectivity index (χ4v) is 2.29. The van der Waals surface area contributed by atoms with Crippen molar-refractivity contribution >= 4 is 16.7 Å². The fraction of sp³-hybridized carbons (Fsp3) is 0.158. The molecular weight excluding hydrogens is 274 g/mol. The number of pyridine rings is 1. The second-order valence-corrected chi connectivity index (χ2v) is 5.09. The molecule has 1 aromatic heterocycles. The summed E-state index contributed by atoms with van der Waals surface area (Å²) in [6.45, 7) is 2.27. The maximum atomic E-state index is 11.6. The first-order chi connectivity index (χ1) is 10.8. The van der Waals surface area contributed by atoms with Gasteiger partial charge in [-0.2, -0.15) is 0 Å². The summed E-state index contributed by atoms with van der Waals surface area (Å²) < 4.78 is 5.74. The molecule has 0 unspecified atom stereocenters. The number of ether oxygens (including phenoxy) is 1. The van der Waals surface area contributed by atoms with E-state index in [-0.39, 0.29) is 5.78 Å². The highest BCUT2D eigenvalue weighted by Crippen LogP contribution is 2.16. The molecule has 0 saturated carbocycles. The molecule has 3 heteroatoms. The Balaban J connectivity index is 1.69. The van der Waals surface area contributed by atoms with Crippen LogP contribution in [0.25, 0.3) is 10.9 Å². The average Bonchev–Trinajstić information content (AvgIpc) is 2.59. The Hall–Kier alpha value is -2.68. The van der Waals surface area contributed by atoms with Crippen molar-refractivity contribution in [3.8, 4) is 5.75 Å². The van der Waals surface area contributed by atoms with Crippen molar-refractivity contribution < 1.29 is 9.53 Å². The van der Waals surface area contributed by atoms with Crippen molar-refractivity contribution in [1.82, 2.24) is 4.98 Å². The van der Waals surface area contributed by atoms with Crippen LogP contribution in [0.15, 0.2) is 60.7 Å². The molecule has 0 saturated heterocycles. The van der Waals surface area contributed by atoms with Crippen LogP contribution in [0.3, 0.4) is 0 Å². The Bertz CT molecular complexity index is 794. The van der Waals surface area contributed by atoms with Crippen molar-refractivity contribution in [2.45, 2.75) is 20.0 Å². The van der Waals surface area contributed by atoms with Gasteiger partial charge in [0.1, 0.15) is 12.4 Å². The SMILES string of the molecule is CCC(=O)c1ccc(OCc2ccc3ccccc3n2)cc1. The number of ketones is 1. The monoisotopic (exact) mass is 291 g/mol. The van der Waals surface area contributed by atoms with Gasteiger partial charge in [-0.15, -0.1) is 0 Å². The van der Waals surface area contributed by atoms with Gasteiger partial charge in [-0.3, -0.25) is 4.79 Å². The van der Waals surface area contributed by atoms with E-state index in [2.05, 4.69) is 4.98 Å². The normalized spacial score (nSPS) is 10.6. The topological polar surface area (TPSA) is 39.2 Å². The molecule has 1 heterocycles. The van der Waals surface area contributed by atoms with Crippen LogP contribution in [0, 0.1) is 0 Å². The number of carbonyl (C=O) groups is 1. The minimum Gasteiger partial charge on any atom is -0.487 e. The number of Topliss-reactive ketones (excluding diaryl/α,β-unsaturated/α-hetero) is 1. The molecule has 0 aliphatic heterocycles. The zero-order valence-corrected chi connectivity index (χ0v) is 12.5. The summed E-state index contributed by atoms with van der Waals surface area (Å²) in [6, 6.07) is 19.3. The van der Waals surface area contributed by atoms with Gasteiger partial charge in [-0.05, 0) is 36.4 Å². The maximum Gasteiger partial charge on any atom is 0.162 e. The lowest BCUT2D eigenvalue weighted by molar-refractivity contribution is 0.0988. The largest absolute Gasteiger partial charge is 0.487 e. The number of benzene rings is 2. The molecule has 3 nitrogen and oxygen atoms in total. The van der Waals surface area contributed by atoms with E-state index < -0.39 is 0 Å². The molecule has 110 valence electrons. The molecule has 3 aromatic rings. The Kier molecular flexibility index (Phi) is 4.15. The number of rotatable bonds is 5. The summed E-state index contributed by atoms with van der Waals surface area (Å²) in [6.07, 6.45) is 0.515. The highest BCUT2D eigenvalue weighted by molar-refractivity contribution is 5.95. The van der Waals surface area contributed by atoms with E-state index in [4.69, 9.17) is 4.74 Å². The first-order valence-corrected chi connectivity index (χ1v) is 7.37. The Morgan fingerprint density at radius 1 is 1.00 bits per heavy atom. The Labute approximate surface area is 129 Å². The molecule has 0 bridgehead atoms. The third-order valence-corrected chi connectivity index (χ3v) is 3.54. The zero-order valence-electron chi connectivity index (χ0n) is 12.5. The summed E-state index contributed by atoms with van der Waals surface area (Å²) in [5.74, 6) is 0.880. The highest BCUT2D eigenvalue weighted by atomic mass is 16.5. The molecule has 0 N–H and O–H groups in total. The van der Waals surface area contributed by atoms with Crippen molar-refractivity contribution in [2.24, 2.45) is 0 Å². The number of nitrogens with zero attached hydrogens (tertiary/aromatic N) is 1. The number of para-hydroxylation sites is 1. The lowest BCUT2D eigenvalue weighted by Gasteiger charge is -2.07. The van der Waals surface area contributed by atoms with E-state index in [9.17, 15) is 4.79 Å². The van der Waals surface area contributed by atoms with Gasteiger partial charge in [0.25, 0.3) is 0 Å². The van der Waals surface area contributed by atoms with E-state index in [0.717, 1.165) is 27.9 Å². The predicted octanol–water partition coefficient (Wildman–Crippen LogP) is 4.41. The first kappa shape index (κ1) is 14.3. The third-order valence-electron chi connectivity index (χ3n) is 3.54. The smallest absolute Gasteiger partial charge is 0.162 e. The number of aromatic nitrogens is 1. The fourth-order valence-electron chi connectivity index (χ4n) is 2.29. The highest BCUT2D eigenvalue weighted by Gasteiger charge is 2.04. The number of carbonyl (C=O) groups excluding carboxylic acids is 1. The van der Waals surface area contributed by atoms with Gasteiger partial charge in [0.2, 0.25) is 0 Å². The molecule has 2 aromatic carbocycles. The number of hydrogen-bond donors (Lipinski definition) is 0. The lowest BCUT2D eigenvalue weighted by Crippen LogP contribution is -2.00. The van der Waals surface area contributed by atoms with Crippen molar-refractivity contribution in [1.29, 1.82) is 0 Å². The van der Waals surface area contributed by atoms with Gasteiger partial charge in [0.05, 0.1) is 11.2 Å². The molecule has 0 fully saturated rings. The Morgan fingerprint density at radius 2 is 1.77 bits per heavy atom. The average molecular weight is 291 g/mol. The van der Waals surface area contributed by atoms with Crippen LogP contribution < -0.4 is 4.74 Å². The molecule has 0 atom stereocenters. The first-order valence-electron chi connectivity index (χ1n) is 7.37. The van der Waals surface area contributed by atoms with Crippen LogP contribution in [-0.4, -0.2) is 10.8 Å². The van der Waals surface area contributed by atoms with Crippen molar-refractivity contribution in [2.75, 3.05) is 0 Å². The summed E-state index contributed by atoms with van der Waals surface area (Å²) in [4.78, 5) is 16.1. The quantitative estimate of drug-likeness (QED) is 0.654. The molecule has 0 aliphatic rings. The maximum absolute atomic E-state index is 11.6. The van der Waals surface area contributed by atoms with Crippen LogP contribution in [0.5, 0.6) is 5.75 Å². The summed E-state index contributed by atoms with van der Waals surface area (Å²) in [5, 5.41) is 1.12. The Morgan fingerprint density at radius 3 is 2.55 bits per heavy atom. The molecule has 0 aliphatic carbocycles. The molecule has 3 rings (SSSR count). The van der Waals surface area contributed by atoms with E-state index in [1.807, 2.05) is 55.5 Å². The summed E-state index contributed by atoms with van der Waals surface area (Å²) >= 11 is 0. The third kappa shape index (κ3) is 3.14. The standard InChI is InChI=1S/C19H17NO2/c1-2-19(21)15-8-11-17(12-9-15)22-13-16-10-7-14-5-3-4-6-18(14)20-16/h3-12H,2,13H2,1H3. The van der Waals surface area contributed by atoms with E-state index in [1.54, 1.807) is 12.1 Å². The second-order valence-electron chi connectivity index (χ2n) is 5.09. The van der Waals surface area contributed by atoms with Crippen LogP contribution in [0.1, 0.15) is 29.4 Å². The van der Waals surface area contributed by atoms with Crippen molar-refractivity contribution in [3.63, 3.8) is 0 Å². The summed E-state index contributed by atoms with van der Waals surface area (Å²) in [7, 11) is 0. The molecule has 0 radical (unpaired) electrons. The van der Waals surface area contributed by atoms with Crippen LogP contribution in [-0.2, 0) is 6.61 Å². The lowest BCUT2D eigenvalue weighted by atomic mass is 10.1. The minimum absolute atomic E-state index is 0.141. The van der Waals surface area contributed by atoms with Crippen LogP contribution in [0.2, 0.25) is 0 Å². The van der Waals surface area contributed by atoms with Gasteiger partial charge in [-0.25, -0.2) is 4.98 Å². The van der Waals surface area contributed by atoms with Gasteiger partial charge in [0.15, 0.2) is 5.78 Å². The summed E-state index contributed by atoms with van der Waals surface area (Å²) in [5.41, 5.74) is 2.57. The second kappa shape index (κ2) is 6.39. The van der Waals surface area contributed by atoms with Gasteiger partial charge < -0.3 is 4.74 Å². The van der Waals surface area contributed by atoms with Crippen LogP contribution >= 0.6 is 0 Å². The number of fused-ring (bicyclic) bond motifs is 1. The molecule has 0 amide bonds. The molecule has 22 heavy (non-hydrogen) atoms. The molecular formula is C19H17NO2. The number of hydrogen-bond acceptors (Lipinski definition) is 3. The predicted molar refractivity (Wildman–Crippen MR) is 87.1 cm³/mol. The minimum atomic E-state index is 0.141. The van der Waals surface area contributed by atoms with Crippen LogP contribution in [0.4, 0.5) is 0 Å². The van der Waals surface area contributed by atoms with Gasteiger partial charge in [-0.1, -0.05) is 31.2 Å². The molecule has 0 spiro atoms. The van der Waals surface area contributed by atoms with Gasteiger partial charge in [0, 0.05) is 17.4 Å². The van der Waals surface area contributed by atoms with E-state index in [0.29, 0.717) is 13.0 Å². The van der Waals surface area contributed by atoms with E-state index >= 15 is 0 Å². The van der Waals surface area contributed by atoms with E-state index in [1.165, 1.54) is 0 Å². The van der Waals surface area contributed by atoms with Gasteiger partial charge >= 0.3 is 0 Å².